The lowest BCUT2D eigenvalue weighted by molar-refractivity contribution is 0.590. The molecule has 146 valence electrons. The van der Waals surface area contributed by atoms with Gasteiger partial charge in [0.25, 0.3) is 0 Å². The van der Waals surface area contributed by atoms with E-state index in [2.05, 4.69) is 15.6 Å². The SMILES string of the molecule is C/C=C\C=C(/CCl)[C@H]1NC(=NCc2cccc(F)c2)N[C@H]1c1ccccc1Cl. The zero-order valence-electron chi connectivity index (χ0n) is 15.5. The van der Waals surface area contributed by atoms with E-state index in [0.29, 0.717) is 23.4 Å². The molecule has 28 heavy (non-hydrogen) atoms. The van der Waals surface area contributed by atoms with Gasteiger partial charge in [-0.25, -0.2) is 9.38 Å². The van der Waals surface area contributed by atoms with Crippen molar-refractivity contribution in [3.8, 4) is 0 Å². The number of nitrogens with zero attached hydrogens (tertiary/aromatic N) is 1. The Balaban J connectivity index is 1.89. The van der Waals surface area contributed by atoms with Crippen molar-refractivity contribution in [1.82, 2.24) is 10.6 Å². The van der Waals surface area contributed by atoms with Crippen molar-refractivity contribution in [2.24, 2.45) is 4.99 Å². The Bertz CT molecular complexity index is 908. The number of nitrogens with one attached hydrogen (secondary N) is 2. The summed E-state index contributed by atoms with van der Waals surface area (Å²) >= 11 is 12.7. The van der Waals surface area contributed by atoms with Crippen LogP contribution in [0.15, 0.2) is 77.3 Å². The quantitative estimate of drug-likeness (QED) is 0.488. The van der Waals surface area contributed by atoms with Gasteiger partial charge in [-0.2, -0.15) is 0 Å². The van der Waals surface area contributed by atoms with Crippen molar-refractivity contribution in [3.63, 3.8) is 0 Å². The van der Waals surface area contributed by atoms with Crippen LogP contribution in [0.5, 0.6) is 0 Å². The maximum atomic E-state index is 13.4. The zero-order chi connectivity index (χ0) is 19.9. The molecule has 0 spiro atoms. The molecule has 2 N–H and O–H groups in total. The zero-order valence-corrected chi connectivity index (χ0v) is 17.0. The van der Waals surface area contributed by atoms with E-state index in [1.165, 1.54) is 12.1 Å². The number of benzene rings is 2. The van der Waals surface area contributed by atoms with Crippen LogP contribution in [-0.2, 0) is 6.54 Å². The van der Waals surface area contributed by atoms with Gasteiger partial charge in [0.15, 0.2) is 5.96 Å². The Hall–Kier alpha value is -2.30. The first-order valence-electron chi connectivity index (χ1n) is 9.06. The van der Waals surface area contributed by atoms with Crippen molar-refractivity contribution < 1.29 is 4.39 Å². The third-order valence-corrected chi connectivity index (χ3v) is 5.18. The first-order valence-corrected chi connectivity index (χ1v) is 9.97. The molecule has 0 aliphatic carbocycles. The summed E-state index contributed by atoms with van der Waals surface area (Å²) in [6.07, 6.45) is 5.93. The minimum Gasteiger partial charge on any atom is -0.347 e. The monoisotopic (exact) mass is 417 g/mol. The molecule has 2 aromatic carbocycles. The van der Waals surface area contributed by atoms with Gasteiger partial charge in [0, 0.05) is 10.9 Å². The maximum absolute atomic E-state index is 13.4. The molecule has 0 saturated carbocycles. The molecule has 1 heterocycles. The fourth-order valence-corrected chi connectivity index (χ4v) is 3.65. The van der Waals surface area contributed by atoms with E-state index in [1.807, 2.05) is 55.5 Å². The summed E-state index contributed by atoms with van der Waals surface area (Å²) < 4.78 is 13.4. The molecule has 2 atom stereocenters. The summed E-state index contributed by atoms with van der Waals surface area (Å²) in [5, 5.41) is 7.50. The largest absolute Gasteiger partial charge is 0.347 e. The van der Waals surface area contributed by atoms with Gasteiger partial charge in [0.1, 0.15) is 5.82 Å². The summed E-state index contributed by atoms with van der Waals surface area (Å²) in [5.41, 5.74) is 2.79. The molecule has 0 radical (unpaired) electrons. The Morgan fingerprint density at radius 3 is 2.71 bits per heavy atom. The highest BCUT2D eigenvalue weighted by atomic mass is 35.5. The Labute approximate surface area is 175 Å². The summed E-state index contributed by atoms with van der Waals surface area (Å²) in [5.74, 6) is 0.744. The van der Waals surface area contributed by atoms with Gasteiger partial charge in [-0.15, -0.1) is 11.6 Å². The van der Waals surface area contributed by atoms with Gasteiger partial charge in [0.2, 0.25) is 0 Å². The summed E-state index contributed by atoms with van der Waals surface area (Å²) in [6.45, 7) is 2.32. The third kappa shape index (κ3) is 4.94. The average Bonchev–Trinajstić information content (AvgIpc) is 3.11. The molecule has 0 amide bonds. The van der Waals surface area contributed by atoms with Gasteiger partial charge in [0.05, 0.1) is 18.6 Å². The van der Waals surface area contributed by atoms with Crippen LogP contribution < -0.4 is 10.6 Å². The summed E-state index contributed by atoms with van der Waals surface area (Å²) in [4.78, 5) is 4.58. The molecule has 1 saturated heterocycles. The van der Waals surface area contributed by atoms with Crippen LogP contribution in [0.4, 0.5) is 4.39 Å². The summed E-state index contributed by atoms with van der Waals surface area (Å²) in [6, 6.07) is 13.9. The highest BCUT2D eigenvalue weighted by Crippen LogP contribution is 2.31. The van der Waals surface area contributed by atoms with Crippen molar-refractivity contribution >= 4 is 29.2 Å². The molecule has 1 aliphatic heterocycles. The molecule has 3 rings (SSSR count). The Kier molecular flexibility index (Phi) is 7.12. The fourth-order valence-electron chi connectivity index (χ4n) is 3.14. The lowest BCUT2D eigenvalue weighted by atomic mass is 9.95. The van der Waals surface area contributed by atoms with Crippen LogP contribution in [0.1, 0.15) is 24.1 Å². The highest BCUT2D eigenvalue weighted by molar-refractivity contribution is 6.31. The number of rotatable bonds is 6. The van der Waals surface area contributed by atoms with Crippen LogP contribution in [0.25, 0.3) is 0 Å². The van der Waals surface area contributed by atoms with Gasteiger partial charge in [-0.05, 0) is 41.8 Å². The molecule has 2 aromatic rings. The van der Waals surface area contributed by atoms with Crippen LogP contribution in [0.3, 0.4) is 0 Å². The smallest absolute Gasteiger partial charge is 0.192 e. The number of allylic oxidation sites excluding steroid dienone is 3. The normalized spacial score (nSPS) is 21.1. The van der Waals surface area contributed by atoms with Crippen molar-refractivity contribution in [3.05, 3.63) is 94.3 Å². The minimum atomic E-state index is -0.268. The van der Waals surface area contributed by atoms with Gasteiger partial charge in [-0.1, -0.05) is 60.2 Å². The molecular formula is C22H22Cl2FN3. The van der Waals surface area contributed by atoms with E-state index in [1.54, 1.807) is 6.07 Å². The second-order valence-electron chi connectivity index (χ2n) is 6.46. The molecule has 1 aliphatic rings. The number of halogens is 3. The van der Waals surface area contributed by atoms with Crippen LogP contribution in [0.2, 0.25) is 5.02 Å². The van der Waals surface area contributed by atoms with E-state index in [4.69, 9.17) is 23.2 Å². The highest BCUT2D eigenvalue weighted by Gasteiger charge is 2.34. The van der Waals surface area contributed by atoms with E-state index in [9.17, 15) is 4.39 Å². The second kappa shape index (κ2) is 9.76. The molecular weight excluding hydrogens is 396 g/mol. The first-order chi connectivity index (χ1) is 13.6. The van der Waals surface area contributed by atoms with Gasteiger partial charge < -0.3 is 10.6 Å². The standard InChI is InChI=1S/C22H22Cl2FN3/c1-2-3-8-16(13-23)20-21(18-10-4-5-11-19(18)24)28-22(27-20)26-14-15-7-6-9-17(25)12-15/h2-12,20-21H,13-14H2,1H3,(H2,26,27,28)/b3-2-,16-8+/t20-,21+/m1/s1. The molecule has 0 aromatic heterocycles. The number of hydrogen-bond acceptors (Lipinski definition) is 1. The predicted molar refractivity (Wildman–Crippen MR) is 115 cm³/mol. The van der Waals surface area contributed by atoms with Crippen molar-refractivity contribution in [1.29, 1.82) is 0 Å². The Morgan fingerprint density at radius 1 is 1.18 bits per heavy atom. The lowest BCUT2D eigenvalue weighted by Crippen LogP contribution is -2.31. The third-order valence-electron chi connectivity index (χ3n) is 4.52. The summed E-state index contributed by atoms with van der Waals surface area (Å²) in [7, 11) is 0. The van der Waals surface area contributed by atoms with E-state index < -0.39 is 0 Å². The molecule has 0 unspecified atom stereocenters. The van der Waals surface area contributed by atoms with Crippen LogP contribution >= 0.6 is 23.2 Å². The average molecular weight is 418 g/mol. The van der Waals surface area contributed by atoms with Crippen LogP contribution in [-0.4, -0.2) is 17.9 Å². The number of guanidine groups is 1. The molecule has 1 fully saturated rings. The number of hydrogen-bond donors (Lipinski definition) is 2. The van der Waals surface area contributed by atoms with E-state index in [0.717, 1.165) is 16.7 Å². The van der Waals surface area contributed by atoms with Gasteiger partial charge >= 0.3 is 0 Å². The van der Waals surface area contributed by atoms with E-state index >= 15 is 0 Å². The van der Waals surface area contributed by atoms with Crippen molar-refractivity contribution in [2.75, 3.05) is 5.88 Å². The number of alkyl halides is 1. The maximum Gasteiger partial charge on any atom is 0.192 e. The lowest BCUT2D eigenvalue weighted by Gasteiger charge is -2.21. The minimum absolute atomic E-state index is 0.0974. The fraction of sp³-hybridized carbons (Fsp3) is 0.227. The molecule has 0 bridgehead atoms. The van der Waals surface area contributed by atoms with Crippen molar-refractivity contribution in [2.45, 2.75) is 25.6 Å². The number of aliphatic imine (C=N–C) groups is 1. The van der Waals surface area contributed by atoms with E-state index in [-0.39, 0.29) is 17.9 Å². The molecule has 6 heteroatoms. The van der Waals surface area contributed by atoms with Gasteiger partial charge in [-0.3, -0.25) is 0 Å². The predicted octanol–water partition coefficient (Wildman–Crippen LogP) is 5.38. The Morgan fingerprint density at radius 2 is 2.00 bits per heavy atom. The topological polar surface area (TPSA) is 36.4 Å². The molecule has 3 nitrogen and oxygen atoms in total. The first kappa shape index (κ1) is 20.4. The van der Waals surface area contributed by atoms with Crippen LogP contribution in [0, 0.1) is 5.82 Å². The second-order valence-corrected chi connectivity index (χ2v) is 7.14.